The summed E-state index contributed by atoms with van der Waals surface area (Å²) in [5, 5.41) is 3.28. The summed E-state index contributed by atoms with van der Waals surface area (Å²) < 4.78 is 1.90. The van der Waals surface area contributed by atoms with Gasteiger partial charge >= 0.3 is 0 Å². The molecule has 4 rings (SSSR count). The molecule has 1 saturated carbocycles. The molecule has 1 fully saturated rings. The smallest absolute Gasteiger partial charge is 0.249 e. The summed E-state index contributed by atoms with van der Waals surface area (Å²) in [5.74, 6) is 0.360. The summed E-state index contributed by atoms with van der Waals surface area (Å²) in [4.78, 5) is 28.3. The summed E-state index contributed by atoms with van der Waals surface area (Å²) in [5.41, 5.74) is 2.81. The molecule has 1 N–H and O–H groups in total. The first-order chi connectivity index (χ1) is 13.6. The van der Waals surface area contributed by atoms with E-state index in [0.29, 0.717) is 5.92 Å². The molecule has 1 aliphatic heterocycles. The molecule has 2 aliphatic rings. The number of rotatable bonds is 4. The van der Waals surface area contributed by atoms with Crippen LogP contribution in [0.4, 0.5) is 5.69 Å². The summed E-state index contributed by atoms with van der Waals surface area (Å²) in [6, 6.07) is 11.4. The van der Waals surface area contributed by atoms with Crippen molar-refractivity contribution in [3.8, 4) is 0 Å². The fourth-order valence-electron chi connectivity index (χ4n) is 4.68. The lowest BCUT2D eigenvalue weighted by Crippen LogP contribution is -2.52. The van der Waals surface area contributed by atoms with Gasteiger partial charge in [-0.3, -0.25) is 14.5 Å². The number of carbonyl (C=O) groups is 2. The minimum absolute atomic E-state index is 0.0403. The Hall–Kier alpha value is -2.56. The molecule has 3 atom stereocenters. The van der Waals surface area contributed by atoms with Crippen LogP contribution < -0.4 is 10.2 Å². The van der Waals surface area contributed by atoms with Crippen molar-refractivity contribution in [2.75, 3.05) is 4.90 Å². The largest absolute Gasteiger partial charge is 0.351 e. The van der Waals surface area contributed by atoms with Crippen molar-refractivity contribution in [3.05, 3.63) is 53.9 Å². The number of para-hydroxylation sites is 1. The minimum atomic E-state index is -0.627. The Kier molecular flexibility index (Phi) is 5.25. The molecule has 28 heavy (non-hydrogen) atoms. The van der Waals surface area contributed by atoms with Gasteiger partial charge in [-0.05, 0) is 48.9 Å². The number of aromatic nitrogens is 1. The maximum absolute atomic E-state index is 13.5. The summed E-state index contributed by atoms with van der Waals surface area (Å²) >= 11 is 0. The Balaban J connectivity index is 1.72. The topological polar surface area (TPSA) is 54.3 Å². The fraction of sp³-hybridized carbons (Fsp3) is 0.478. The first-order valence-electron chi connectivity index (χ1n) is 10.5. The van der Waals surface area contributed by atoms with Crippen LogP contribution in [-0.2, 0) is 22.6 Å². The fourth-order valence-corrected chi connectivity index (χ4v) is 4.68. The second kappa shape index (κ2) is 7.82. The monoisotopic (exact) mass is 379 g/mol. The molecule has 0 spiro atoms. The van der Waals surface area contributed by atoms with Gasteiger partial charge in [-0.25, -0.2) is 0 Å². The number of anilines is 1. The standard InChI is InChI=1S/C23H29N3O2/c1-3-17-10-5-7-12-19(17)26-21(27)15-25-14-8-13-20(25)22(26)23(28)24-18-11-6-4-9-16(18)2/h5,7-8,10,12-14,16,18,22H,3-4,6,9,11,15H2,1-2H3,(H,24,28)/t16-,18+,22+/m0/s1. The van der Waals surface area contributed by atoms with E-state index in [4.69, 9.17) is 0 Å². The third-order valence-electron chi connectivity index (χ3n) is 6.30. The van der Waals surface area contributed by atoms with E-state index >= 15 is 0 Å². The Morgan fingerprint density at radius 1 is 1.14 bits per heavy atom. The number of amides is 2. The highest BCUT2D eigenvalue weighted by molar-refractivity contribution is 6.03. The van der Waals surface area contributed by atoms with Crippen LogP contribution in [0.15, 0.2) is 42.6 Å². The van der Waals surface area contributed by atoms with Gasteiger partial charge in [0.2, 0.25) is 11.8 Å². The number of hydrogen-bond acceptors (Lipinski definition) is 2. The van der Waals surface area contributed by atoms with Crippen molar-refractivity contribution in [1.29, 1.82) is 0 Å². The number of hydrogen-bond donors (Lipinski definition) is 1. The molecule has 1 aliphatic carbocycles. The van der Waals surface area contributed by atoms with Crippen LogP contribution in [0.1, 0.15) is 56.8 Å². The Bertz CT molecular complexity index is 872. The summed E-state index contributed by atoms with van der Waals surface area (Å²) in [7, 11) is 0. The van der Waals surface area contributed by atoms with E-state index in [2.05, 4.69) is 19.2 Å². The number of benzene rings is 1. The normalized spacial score (nSPS) is 24.7. The van der Waals surface area contributed by atoms with Crippen LogP contribution in [0.2, 0.25) is 0 Å². The predicted octanol–water partition coefficient (Wildman–Crippen LogP) is 3.83. The van der Waals surface area contributed by atoms with Crippen LogP contribution >= 0.6 is 0 Å². The highest BCUT2D eigenvalue weighted by Crippen LogP contribution is 2.35. The van der Waals surface area contributed by atoms with Crippen LogP contribution in [-0.4, -0.2) is 22.4 Å². The van der Waals surface area contributed by atoms with Crippen LogP contribution in [0, 0.1) is 5.92 Å². The van der Waals surface area contributed by atoms with Crippen molar-refractivity contribution in [2.24, 2.45) is 5.92 Å². The molecule has 0 bridgehead atoms. The van der Waals surface area contributed by atoms with Gasteiger partial charge in [0.1, 0.15) is 6.54 Å². The van der Waals surface area contributed by atoms with Crippen molar-refractivity contribution in [1.82, 2.24) is 9.88 Å². The molecule has 0 saturated heterocycles. The van der Waals surface area contributed by atoms with Crippen molar-refractivity contribution < 1.29 is 9.59 Å². The minimum Gasteiger partial charge on any atom is -0.351 e. The van der Waals surface area contributed by atoms with E-state index in [-0.39, 0.29) is 24.4 Å². The summed E-state index contributed by atoms with van der Waals surface area (Å²) in [6.45, 7) is 4.56. The molecule has 1 aromatic carbocycles. The number of aryl methyl sites for hydroxylation is 1. The number of nitrogens with one attached hydrogen (secondary N) is 1. The summed E-state index contributed by atoms with van der Waals surface area (Å²) in [6.07, 6.45) is 7.24. The van der Waals surface area contributed by atoms with E-state index in [9.17, 15) is 9.59 Å². The van der Waals surface area contributed by atoms with Gasteiger partial charge in [0.15, 0.2) is 6.04 Å². The lowest BCUT2D eigenvalue weighted by atomic mass is 9.85. The van der Waals surface area contributed by atoms with Crippen LogP contribution in [0.25, 0.3) is 0 Å². The van der Waals surface area contributed by atoms with Gasteiger partial charge in [-0.15, -0.1) is 0 Å². The third kappa shape index (κ3) is 3.34. The molecule has 2 aromatic rings. The van der Waals surface area contributed by atoms with E-state index < -0.39 is 6.04 Å². The molecular weight excluding hydrogens is 350 g/mol. The van der Waals surface area contributed by atoms with E-state index in [1.807, 2.05) is 47.2 Å². The number of carbonyl (C=O) groups excluding carboxylic acids is 2. The maximum Gasteiger partial charge on any atom is 0.249 e. The zero-order chi connectivity index (χ0) is 19.7. The Labute approximate surface area is 166 Å². The molecule has 0 unspecified atom stereocenters. The second-order valence-electron chi connectivity index (χ2n) is 8.09. The molecule has 5 nitrogen and oxygen atoms in total. The van der Waals surface area contributed by atoms with Gasteiger partial charge in [0, 0.05) is 17.9 Å². The van der Waals surface area contributed by atoms with Gasteiger partial charge in [-0.2, -0.15) is 0 Å². The highest BCUT2D eigenvalue weighted by atomic mass is 16.2. The van der Waals surface area contributed by atoms with Crippen molar-refractivity contribution in [3.63, 3.8) is 0 Å². The van der Waals surface area contributed by atoms with E-state index in [1.165, 1.54) is 6.42 Å². The highest BCUT2D eigenvalue weighted by Gasteiger charge is 2.40. The van der Waals surface area contributed by atoms with Crippen LogP contribution in [0.3, 0.4) is 0 Å². The quantitative estimate of drug-likeness (QED) is 0.878. The van der Waals surface area contributed by atoms with Crippen molar-refractivity contribution >= 4 is 17.5 Å². The van der Waals surface area contributed by atoms with E-state index in [0.717, 1.165) is 42.6 Å². The lowest BCUT2D eigenvalue weighted by molar-refractivity contribution is -0.129. The molecule has 1 aromatic heterocycles. The Morgan fingerprint density at radius 3 is 2.71 bits per heavy atom. The average molecular weight is 380 g/mol. The lowest BCUT2D eigenvalue weighted by Gasteiger charge is -2.38. The molecular formula is C23H29N3O2. The van der Waals surface area contributed by atoms with Gasteiger partial charge < -0.3 is 9.88 Å². The predicted molar refractivity (Wildman–Crippen MR) is 110 cm³/mol. The first kappa shape index (κ1) is 18.8. The van der Waals surface area contributed by atoms with E-state index in [1.54, 1.807) is 4.90 Å². The zero-order valence-corrected chi connectivity index (χ0v) is 16.7. The van der Waals surface area contributed by atoms with Crippen molar-refractivity contribution in [2.45, 2.75) is 64.6 Å². The van der Waals surface area contributed by atoms with Gasteiger partial charge in [-0.1, -0.05) is 44.9 Å². The third-order valence-corrected chi connectivity index (χ3v) is 6.30. The molecule has 148 valence electrons. The molecule has 5 heteroatoms. The number of nitrogens with zero attached hydrogens (tertiary/aromatic N) is 2. The molecule has 0 radical (unpaired) electrons. The number of fused-ring (bicyclic) bond motifs is 1. The van der Waals surface area contributed by atoms with Gasteiger partial charge in [0.05, 0.1) is 5.69 Å². The molecule has 2 amide bonds. The Morgan fingerprint density at radius 2 is 1.93 bits per heavy atom. The second-order valence-corrected chi connectivity index (χ2v) is 8.09. The van der Waals surface area contributed by atoms with Gasteiger partial charge in [0.25, 0.3) is 0 Å². The first-order valence-corrected chi connectivity index (χ1v) is 10.5. The maximum atomic E-state index is 13.5. The average Bonchev–Trinajstić information content (AvgIpc) is 3.16. The SMILES string of the molecule is CCc1ccccc1N1C(=O)Cn2cccc2[C@@H]1C(=O)N[C@@H]1CCCC[C@@H]1C. The zero-order valence-electron chi connectivity index (χ0n) is 16.7. The molecule has 2 heterocycles. The van der Waals surface area contributed by atoms with Crippen LogP contribution in [0.5, 0.6) is 0 Å².